The van der Waals surface area contributed by atoms with Gasteiger partial charge in [-0.3, -0.25) is 0 Å². The minimum Gasteiger partial charge on any atom is -0.370 e. The molecule has 1 aromatic carbocycles. The zero-order chi connectivity index (χ0) is 12.1. The van der Waals surface area contributed by atoms with Gasteiger partial charge in [-0.05, 0) is 42.8 Å². The van der Waals surface area contributed by atoms with Crippen LogP contribution in [0.15, 0.2) is 42.5 Å². The minimum atomic E-state index is -0.228. The fourth-order valence-electron chi connectivity index (χ4n) is 1.57. The number of benzene rings is 1. The van der Waals surface area contributed by atoms with E-state index >= 15 is 0 Å². The van der Waals surface area contributed by atoms with E-state index in [1.807, 2.05) is 18.2 Å². The third-order valence-corrected chi connectivity index (χ3v) is 2.45. The lowest BCUT2D eigenvalue weighted by Gasteiger charge is -2.06. The Morgan fingerprint density at radius 3 is 2.59 bits per heavy atom. The van der Waals surface area contributed by atoms with Gasteiger partial charge in [0.05, 0.1) is 5.69 Å². The smallest absolute Gasteiger partial charge is 0.126 e. The highest BCUT2D eigenvalue weighted by Gasteiger charge is 2.00. The predicted molar refractivity (Wildman–Crippen MR) is 68.4 cm³/mol. The molecule has 3 heteroatoms. The third-order valence-electron chi connectivity index (χ3n) is 2.45. The van der Waals surface area contributed by atoms with Crippen LogP contribution in [-0.2, 0) is 0 Å². The molecule has 0 fully saturated rings. The maximum atomic E-state index is 12.8. The average molecular weight is 230 g/mol. The van der Waals surface area contributed by atoms with Gasteiger partial charge in [0.1, 0.15) is 11.6 Å². The highest BCUT2D eigenvalue weighted by atomic mass is 19.1. The Hall–Kier alpha value is -1.90. The van der Waals surface area contributed by atoms with Gasteiger partial charge in [0.15, 0.2) is 0 Å². The van der Waals surface area contributed by atoms with Crippen molar-refractivity contribution < 1.29 is 4.39 Å². The van der Waals surface area contributed by atoms with Gasteiger partial charge < -0.3 is 5.32 Å². The van der Waals surface area contributed by atoms with Crippen LogP contribution in [0, 0.1) is 5.82 Å². The Morgan fingerprint density at radius 1 is 1.12 bits per heavy atom. The van der Waals surface area contributed by atoms with E-state index in [4.69, 9.17) is 0 Å². The van der Waals surface area contributed by atoms with Crippen molar-refractivity contribution >= 4 is 5.82 Å². The van der Waals surface area contributed by atoms with Gasteiger partial charge in [-0.25, -0.2) is 9.37 Å². The number of halogens is 1. The summed E-state index contributed by atoms with van der Waals surface area (Å²) in [5.41, 5.74) is 1.78. The lowest BCUT2D eigenvalue weighted by molar-refractivity contribution is 0.628. The first-order chi connectivity index (χ1) is 8.29. The summed E-state index contributed by atoms with van der Waals surface area (Å²) in [6.07, 6.45) is 1.06. The second-order valence-electron chi connectivity index (χ2n) is 3.84. The molecule has 0 unspecified atom stereocenters. The van der Waals surface area contributed by atoms with Crippen LogP contribution in [0.1, 0.15) is 13.3 Å². The number of hydrogen-bond donors (Lipinski definition) is 1. The molecule has 0 atom stereocenters. The highest BCUT2D eigenvalue weighted by molar-refractivity contribution is 5.61. The molecule has 2 rings (SSSR count). The first-order valence-corrected chi connectivity index (χ1v) is 5.76. The number of nitrogens with zero attached hydrogens (tertiary/aromatic N) is 1. The van der Waals surface area contributed by atoms with Crippen LogP contribution in [0.4, 0.5) is 10.2 Å². The second-order valence-corrected chi connectivity index (χ2v) is 3.84. The SMILES string of the molecule is CCCNc1cccc(-c2ccc(F)cc2)n1. The molecule has 1 aromatic heterocycles. The summed E-state index contributed by atoms with van der Waals surface area (Å²) in [4.78, 5) is 4.48. The van der Waals surface area contributed by atoms with E-state index in [1.54, 1.807) is 12.1 Å². The number of hydrogen-bond acceptors (Lipinski definition) is 2. The molecule has 17 heavy (non-hydrogen) atoms. The van der Waals surface area contributed by atoms with Crippen molar-refractivity contribution in [3.63, 3.8) is 0 Å². The van der Waals surface area contributed by atoms with Crippen LogP contribution >= 0.6 is 0 Å². The Morgan fingerprint density at radius 2 is 1.88 bits per heavy atom. The van der Waals surface area contributed by atoms with E-state index in [-0.39, 0.29) is 5.82 Å². The molecular weight excluding hydrogens is 215 g/mol. The van der Waals surface area contributed by atoms with Crippen molar-refractivity contribution in [2.24, 2.45) is 0 Å². The van der Waals surface area contributed by atoms with Crippen molar-refractivity contribution in [1.29, 1.82) is 0 Å². The minimum absolute atomic E-state index is 0.228. The van der Waals surface area contributed by atoms with E-state index in [1.165, 1.54) is 12.1 Å². The molecule has 0 saturated heterocycles. The topological polar surface area (TPSA) is 24.9 Å². The maximum Gasteiger partial charge on any atom is 0.126 e. The quantitative estimate of drug-likeness (QED) is 0.866. The van der Waals surface area contributed by atoms with Gasteiger partial charge in [-0.1, -0.05) is 13.0 Å². The van der Waals surface area contributed by atoms with Crippen LogP contribution in [0.5, 0.6) is 0 Å². The Kier molecular flexibility index (Phi) is 3.70. The molecule has 0 bridgehead atoms. The molecule has 0 amide bonds. The average Bonchev–Trinajstić information content (AvgIpc) is 2.37. The molecular formula is C14H15FN2. The molecule has 88 valence electrons. The number of anilines is 1. The van der Waals surface area contributed by atoms with Gasteiger partial charge in [-0.15, -0.1) is 0 Å². The fraction of sp³-hybridized carbons (Fsp3) is 0.214. The summed E-state index contributed by atoms with van der Waals surface area (Å²) in [6.45, 7) is 3.01. The van der Waals surface area contributed by atoms with E-state index in [0.717, 1.165) is 30.0 Å². The van der Waals surface area contributed by atoms with E-state index in [0.29, 0.717) is 0 Å². The van der Waals surface area contributed by atoms with Gasteiger partial charge >= 0.3 is 0 Å². The largest absolute Gasteiger partial charge is 0.370 e. The Bertz CT molecular complexity index is 480. The van der Waals surface area contributed by atoms with Gasteiger partial charge in [-0.2, -0.15) is 0 Å². The molecule has 0 saturated carbocycles. The number of pyridine rings is 1. The summed E-state index contributed by atoms with van der Waals surface area (Å²) >= 11 is 0. The van der Waals surface area contributed by atoms with E-state index < -0.39 is 0 Å². The number of nitrogens with one attached hydrogen (secondary N) is 1. The van der Waals surface area contributed by atoms with Gasteiger partial charge in [0.25, 0.3) is 0 Å². The molecule has 0 aliphatic rings. The summed E-state index contributed by atoms with van der Waals surface area (Å²) in [7, 11) is 0. The normalized spacial score (nSPS) is 10.2. The monoisotopic (exact) mass is 230 g/mol. The van der Waals surface area contributed by atoms with Gasteiger partial charge in [0.2, 0.25) is 0 Å². The Balaban J connectivity index is 2.23. The van der Waals surface area contributed by atoms with E-state index in [2.05, 4.69) is 17.2 Å². The first kappa shape index (κ1) is 11.6. The number of aromatic nitrogens is 1. The highest BCUT2D eigenvalue weighted by Crippen LogP contribution is 2.18. The van der Waals surface area contributed by atoms with Gasteiger partial charge in [0, 0.05) is 12.1 Å². The molecule has 2 aromatic rings. The molecule has 2 nitrogen and oxygen atoms in total. The molecule has 0 radical (unpaired) electrons. The lowest BCUT2D eigenvalue weighted by atomic mass is 10.1. The summed E-state index contributed by atoms with van der Waals surface area (Å²) in [5, 5.41) is 3.23. The standard InChI is InChI=1S/C14H15FN2/c1-2-10-16-14-5-3-4-13(17-14)11-6-8-12(15)9-7-11/h3-9H,2,10H2,1H3,(H,16,17). The van der Waals surface area contributed by atoms with Crippen molar-refractivity contribution in [2.45, 2.75) is 13.3 Å². The van der Waals surface area contributed by atoms with Crippen LogP contribution < -0.4 is 5.32 Å². The molecule has 0 aliphatic carbocycles. The van der Waals surface area contributed by atoms with Crippen molar-refractivity contribution in [3.05, 3.63) is 48.3 Å². The summed E-state index contributed by atoms with van der Waals surface area (Å²) in [5.74, 6) is 0.627. The molecule has 1 heterocycles. The summed E-state index contributed by atoms with van der Waals surface area (Å²) in [6, 6.07) is 12.2. The molecule has 1 N–H and O–H groups in total. The molecule has 0 aliphatic heterocycles. The fourth-order valence-corrected chi connectivity index (χ4v) is 1.57. The van der Waals surface area contributed by atoms with Crippen LogP contribution in [0.2, 0.25) is 0 Å². The van der Waals surface area contributed by atoms with Crippen molar-refractivity contribution in [3.8, 4) is 11.3 Å². The van der Waals surface area contributed by atoms with Crippen LogP contribution in [-0.4, -0.2) is 11.5 Å². The zero-order valence-corrected chi connectivity index (χ0v) is 9.78. The van der Waals surface area contributed by atoms with Crippen LogP contribution in [0.3, 0.4) is 0 Å². The first-order valence-electron chi connectivity index (χ1n) is 5.76. The predicted octanol–water partition coefficient (Wildman–Crippen LogP) is 3.71. The van der Waals surface area contributed by atoms with E-state index in [9.17, 15) is 4.39 Å². The van der Waals surface area contributed by atoms with Crippen molar-refractivity contribution in [1.82, 2.24) is 4.98 Å². The Labute approximate surface area is 101 Å². The molecule has 0 spiro atoms. The zero-order valence-electron chi connectivity index (χ0n) is 9.78. The second kappa shape index (κ2) is 5.43. The number of rotatable bonds is 4. The van der Waals surface area contributed by atoms with Crippen molar-refractivity contribution in [2.75, 3.05) is 11.9 Å². The third kappa shape index (κ3) is 3.03. The summed E-state index contributed by atoms with van der Waals surface area (Å²) < 4.78 is 12.8. The lowest BCUT2D eigenvalue weighted by Crippen LogP contribution is -2.01. The maximum absolute atomic E-state index is 12.8. The van der Waals surface area contributed by atoms with Crippen LogP contribution in [0.25, 0.3) is 11.3 Å².